The van der Waals surface area contributed by atoms with Crippen molar-refractivity contribution < 1.29 is 19.8 Å². The molecule has 0 heterocycles. The van der Waals surface area contributed by atoms with Crippen LogP contribution < -0.4 is 5.32 Å². The Hall–Kier alpha value is -1.10. The van der Waals surface area contributed by atoms with E-state index in [1.54, 1.807) is 0 Å². The van der Waals surface area contributed by atoms with Crippen molar-refractivity contribution in [2.45, 2.75) is 32.2 Å². The number of aliphatic carboxylic acids is 2. The first-order valence-corrected chi connectivity index (χ1v) is 4.06. The van der Waals surface area contributed by atoms with E-state index < -0.39 is 17.5 Å². The van der Waals surface area contributed by atoms with Crippen molar-refractivity contribution in [3.05, 3.63) is 0 Å². The van der Waals surface area contributed by atoms with E-state index in [1.165, 1.54) is 13.8 Å². The molecule has 0 amide bonds. The van der Waals surface area contributed by atoms with Gasteiger partial charge in [-0.05, 0) is 26.8 Å². The maximum atomic E-state index is 10.6. The molecule has 0 aliphatic carbocycles. The molecule has 0 aliphatic rings. The minimum absolute atomic E-state index is 0.0582. The molecule has 5 nitrogen and oxygen atoms in total. The molecular weight excluding hydrogens is 174 g/mol. The Morgan fingerprint density at radius 3 is 2.23 bits per heavy atom. The fraction of sp³-hybridized carbons (Fsp3) is 0.750. The minimum atomic E-state index is -0.988. The van der Waals surface area contributed by atoms with Gasteiger partial charge in [-0.15, -0.1) is 0 Å². The lowest BCUT2D eigenvalue weighted by Crippen LogP contribution is -2.47. The van der Waals surface area contributed by atoms with E-state index in [-0.39, 0.29) is 6.42 Å². The molecule has 3 N–H and O–H groups in total. The largest absolute Gasteiger partial charge is 0.481 e. The molecule has 0 atom stereocenters. The van der Waals surface area contributed by atoms with Crippen LogP contribution in [0.3, 0.4) is 0 Å². The van der Waals surface area contributed by atoms with Crippen LogP contribution in [0.1, 0.15) is 26.7 Å². The summed E-state index contributed by atoms with van der Waals surface area (Å²) < 4.78 is 0. The maximum absolute atomic E-state index is 10.6. The fourth-order valence-corrected chi connectivity index (χ4v) is 0.716. The number of hydrogen-bond donors (Lipinski definition) is 3. The van der Waals surface area contributed by atoms with Crippen molar-refractivity contribution in [1.29, 1.82) is 0 Å². The van der Waals surface area contributed by atoms with Gasteiger partial charge in [-0.2, -0.15) is 0 Å². The molecule has 0 radical (unpaired) electrons. The molecular formula is C8H15NO4. The second-order valence-corrected chi connectivity index (χ2v) is 3.35. The Labute approximate surface area is 76.8 Å². The Morgan fingerprint density at radius 2 is 1.85 bits per heavy atom. The fourth-order valence-electron chi connectivity index (χ4n) is 0.716. The molecule has 0 aromatic heterocycles. The first-order valence-electron chi connectivity index (χ1n) is 4.06. The molecule has 13 heavy (non-hydrogen) atoms. The monoisotopic (exact) mass is 189 g/mol. The Balaban J connectivity index is 3.64. The lowest BCUT2D eigenvalue weighted by atomic mass is 10.1. The summed E-state index contributed by atoms with van der Waals surface area (Å²) in [6, 6.07) is 0. The van der Waals surface area contributed by atoms with Crippen LogP contribution in [-0.2, 0) is 9.59 Å². The Morgan fingerprint density at radius 1 is 1.31 bits per heavy atom. The van der Waals surface area contributed by atoms with Crippen LogP contribution >= 0.6 is 0 Å². The first-order chi connectivity index (χ1) is 5.86. The van der Waals surface area contributed by atoms with Crippen LogP contribution in [-0.4, -0.2) is 34.2 Å². The van der Waals surface area contributed by atoms with Gasteiger partial charge in [-0.25, -0.2) is 0 Å². The van der Waals surface area contributed by atoms with Crippen molar-refractivity contribution in [1.82, 2.24) is 5.32 Å². The van der Waals surface area contributed by atoms with Crippen LogP contribution in [0.15, 0.2) is 0 Å². The summed E-state index contributed by atoms with van der Waals surface area (Å²) in [6.07, 6.45) is 0.495. The molecule has 76 valence electrons. The molecule has 0 fully saturated rings. The summed E-state index contributed by atoms with van der Waals surface area (Å²) in [6.45, 7) is 3.47. The zero-order chi connectivity index (χ0) is 10.5. The molecule has 0 rings (SSSR count). The molecule has 0 bridgehead atoms. The smallest absolute Gasteiger partial charge is 0.323 e. The minimum Gasteiger partial charge on any atom is -0.481 e. The molecule has 0 saturated heterocycles. The van der Waals surface area contributed by atoms with E-state index in [0.717, 1.165) is 0 Å². The van der Waals surface area contributed by atoms with Gasteiger partial charge >= 0.3 is 11.9 Å². The molecule has 0 aromatic rings. The Kier molecular flexibility index (Phi) is 4.40. The lowest BCUT2D eigenvalue weighted by Gasteiger charge is -2.20. The quantitative estimate of drug-likeness (QED) is 0.523. The summed E-state index contributed by atoms with van der Waals surface area (Å²) in [5.41, 5.74) is -0.988. The van der Waals surface area contributed by atoms with Crippen molar-refractivity contribution in [3.8, 4) is 0 Å². The number of carboxylic acids is 2. The number of carboxylic acid groups (broad SMARTS) is 2. The molecule has 0 aliphatic heterocycles. The highest BCUT2D eigenvalue weighted by Crippen LogP contribution is 2.01. The zero-order valence-corrected chi connectivity index (χ0v) is 7.83. The van der Waals surface area contributed by atoms with Crippen molar-refractivity contribution in [2.75, 3.05) is 6.54 Å². The highest BCUT2D eigenvalue weighted by Gasteiger charge is 2.25. The van der Waals surface area contributed by atoms with E-state index in [0.29, 0.717) is 13.0 Å². The van der Waals surface area contributed by atoms with Gasteiger partial charge in [0.25, 0.3) is 0 Å². The summed E-state index contributed by atoms with van der Waals surface area (Å²) in [4.78, 5) is 20.7. The molecule has 0 unspecified atom stereocenters. The van der Waals surface area contributed by atoms with Crippen LogP contribution in [0.25, 0.3) is 0 Å². The van der Waals surface area contributed by atoms with Crippen LogP contribution in [0.5, 0.6) is 0 Å². The van der Waals surface area contributed by atoms with E-state index in [9.17, 15) is 9.59 Å². The van der Waals surface area contributed by atoms with Crippen LogP contribution in [0.2, 0.25) is 0 Å². The van der Waals surface area contributed by atoms with Crippen molar-refractivity contribution in [3.63, 3.8) is 0 Å². The number of hydrogen-bond acceptors (Lipinski definition) is 3. The summed E-state index contributed by atoms with van der Waals surface area (Å²) in [5, 5.41) is 19.7. The number of rotatable bonds is 6. The number of carbonyl (C=O) groups is 2. The van der Waals surface area contributed by atoms with Crippen LogP contribution in [0, 0.1) is 0 Å². The van der Waals surface area contributed by atoms with E-state index in [1.807, 2.05) is 0 Å². The maximum Gasteiger partial charge on any atom is 0.323 e. The van der Waals surface area contributed by atoms with Gasteiger partial charge in [0.05, 0.1) is 0 Å². The molecule has 0 spiro atoms. The third kappa shape index (κ3) is 5.19. The van der Waals surface area contributed by atoms with Crippen LogP contribution in [0.4, 0.5) is 0 Å². The third-order valence-electron chi connectivity index (χ3n) is 1.67. The lowest BCUT2D eigenvalue weighted by molar-refractivity contribution is -0.143. The third-order valence-corrected chi connectivity index (χ3v) is 1.67. The summed E-state index contributed by atoms with van der Waals surface area (Å²) in [5.74, 6) is -1.81. The van der Waals surface area contributed by atoms with Gasteiger partial charge in [0, 0.05) is 6.42 Å². The predicted octanol–water partition coefficient (Wildman–Crippen LogP) is 0.304. The average Bonchev–Trinajstić information content (AvgIpc) is 1.97. The van der Waals surface area contributed by atoms with Gasteiger partial charge in [-0.1, -0.05) is 0 Å². The van der Waals surface area contributed by atoms with Gasteiger partial charge in [0.15, 0.2) is 0 Å². The van der Waals surface area contributed by atoms with Gasteiger partial charge in [0.2, 0.25) is 0 Å². The summed E-state index contributed by atoms with van der Waals surface area (Å²) >= 11 is 0. The zero-order valence-electron chi connectivity index (χ0n) is 7.83. The normalized spacial score (nSPS) is 11.2. The molecule has 5 heteroatoms. The molecule has 0 aromatic carbocycles. The summed E-state index contributed by atoms with van der Waals surface area (Å²) in [7, 11) is 0. The number of nitrogens with one attached hydrogen (secondary N) is 1. The second kappa shape index (κ2) is 4.81. The standard InChI is InChI=1S/C8H15NO4/c1-8(2,7(12)13)9-5-3-4-6(10)11/h9H,3-5H2,1-2H3,(H,10,11)(H,12,13). The van der Waals surface area contributed by atoms with E-state index >= 15 is 0 Å². The van der Waals surface area contributed by atoms with E-state index in [4.69, 9.17) is 10.2 Å². The second-order valence-electron chi connectivity index (χ2n) is 3.35. The van der Waals surface area contributed by atoms with Crippen molar-refractivity contribution in [2.24, 2.45) is 0 Å². The Bertz CT molecular complexity index is 200. The van der Waals surface area contributed by atoms with Gasteiger partial charge in [-0.3, -0.25) is 9.59 Å². The average molecular weight is 189 g/mol. The highest BCUT2D eigenvalue weighted by atomic mass is 16.4. The van der Waals surface area contributed by atoms with Crippen molar-refractivity contribution >= 4 is 11.9 Å². The first kappa shape index (κ1) is 11.9. The SMILES string of the molecule is CC(C)(NCCCC(=O)O)C(=O)O. The van der Waals surface area contributed by atoms with E-state index in [2.05, 4.69) is 5.32 Å². The van der Waals surface area contributed by atoms with Gasteiger partial charge in [0.1, 0.15) is 5.54 Å². The van der Waals surface area contributed by atoms with Gasteiger partial charge < -0.3 is 15.5 Å². The topological polar surface area (TPSA) is 86.6 Å². The predicted molar refractivity (Wildman–Crippen MR) is 46.6 cm³/mol. The molecule has 0 saturated carbocycles. The highest BCUT2D eigenvalue weighted by molar-refractivity contribution is 5.77.